The fourth-order valence-corrected chi connectivity index (χ4v) is 6.45. The Morgan fingerprint density at radius 1 is 1.06 bits per heavy atom. The zero-order valence-electron chi connectivity index (χ0n) is 19.0. The first-order chi connectivity index (χ1) is 16.4. The molecule has 2 saturated carbocycles. The number of halogens is 1. The van der Waals surface area contributed by atoms with Crippen molar-refractivity contribution in [1.82, 2.24) is 4.90 Å². The van der Waals surface area contributed by atoms with Crippen LogP contribution in [-0.4, -0.2) is 36.4 Å². The maximum atomic E-state index is 13.8. The highest BCUT2D eigenvalue weighted by molar-refractivity contribution is 6.31. The Morgan fingerprint density at radius 2 is 1.71 bits per heavy atom. The van der Waals surface area contributed by atoms with E-state index in [1.165, 1.54) is 16.9 Å². The Labute approximate surface area is 203 Å². The predicted octanol–water partition coefficient (Wildman–Crippen LogP) is 4.31. The molecule has 6 atom stereocenters. The maximum Gasteiger partial charge on any atom is 0.263 e. The molecule has 5 aliphatic rings. The van der Waals surface area contributed by atoms with Crippen molar-refractivity contribution in [2.75, 3.05) is 18.7 Å². The summed E-state index contributed by atoms with van der Waals surface area (Å²) in [6.07, 6.45) is 5.40. The first-order valence-electron chi connectivity index (χ1n) is 11.6. The molecule has 6 nitrogen and oxygen atoms in total. The van der Waals surface area contributed by atoms with Gasteiger partial charge in [-0.2, -0.15) is 0 Å². The van der Waals surface area contributed by atoms with Gasteiger partial charge < -0.3 is 4.74 Å². The number of aryl methyl sites for hydroxylation is 1. The van der Waals surface area contributed by atoms with E-state index >= 15 is 0 Å². The number of hydrogen-bond acceptors (Lipinski definition) is 4. The Bertz CT molecular complexity index is 1220. The van der Waals surface area contributed by atoms with Crippen molar-refractivity contribution < 1.29 is 19.1 Å². The van der Waals surface area contributed by atoms with Crippen molar-refractivity contribution in [1.29, 1.82) is 0 Å². The molecule has 4 aliphatic carbocycles. The van der Waals surface area contributed by atoms with E-state index in [1.807, 2.05) is 13.0 Å². The smallest absolute Gasteiger partial charge is 0.263 e. The number of carbonyl (C=O) groups excluding carboxylic acids is 3. The third kappa shape index (κ3) is 3.04. The highest BCUT2D eigenvalue weighted by atomic mass is 35.5. The van der Waals surface area contributed by atoms with E-state index in [-0.39, 0.29) is 48.1 Å². The number of methoxy groups -OCH3 is 1. The average molecular weight is 477 g/mol. The van der Waals surface area contributed by atoms with Crippen LogP contribution in [-0.2, 0) is 9.59 Å². The fraction of sp³-hybridized carbons (Fsp3) is 0.370. The molecule has 1 saturated heterocycles. The van der Waals surface area contributed by atoms with Gasteiger partial charge in [-0.15, -0.1) is 0 Å². The van der Waals surface area contributed by atoms with Crippen molar-refractivity contribution in [3.05, 3.63) is 70.8 Å². The van der Waals surface area contributed by atoms with E-state index in [4.69, 9.17) is 16.3 Å². The summed E-state index contributed by atoms with van der Waals surface area (Å²) in [5, 5.41) is 0.505. The zero-order chi connectivity index (χ0) is 23.7. The van der Waals surface area contributed by atoms with Gasteiger partial charge in [0, 0.05) is 10.7 Å². The van der Waals surface area contributed by atoms with Gasteiger partial charge in [-0.3, -0.25) is 24.2 Å². The lowest BCUT2D eigenvalue weighted by Crippen LogP contribution is -2.45. The van der Waals surface area contributed by atoms with Gasteiger partial charge in [0.1, 0.15) is 12.4 Å². The Morgan fingerprint density at radius 3 is 2.32 bits per heavy atom. The van der Waals surface area contributed by atoms with Crippen molar-refractivity contribution in [2.24, 2.45) is 35.5 Å². The topological polar surface area (TPSA) is 66.9 Å². The van der Waals surface area contributed by atoms with Crippen LogP contribution in [0.4, 0.5) is 5.69 Å². The molecule has 174 valence electrons. The van der Waals surface area contributed by atoms with Crippen LogP contribution >= 0.6 is 11.6 Å². The molecule has 2 bridgehead atoms. The average Bonchev–Trinajstić information content (AvgIpc) is 3.64. The predicted molar refractivity (Wildman–Crippen MR) is 127 cm³/mol. The molecule has 1 heterocycles. The lowest BCUT2D eigenvalue weighted by molar-refractivity contribution is -0.140. The lowest BCUT2D eigenvalue weighted by atomic mass is 9.63. The van der Waals surface area contributed by atoms with E-state index in [9.17, 15) is 14.4 Å². The highest BCUT2D eigenvalue weighted by Gasteiger charge is 2.67. The van der Waals surface area contributed by atoms with Gasteiger partial charge in [0.15, 0.2) is 0 Å². The monoisotopic (exact) mass is 476 g/mol. The highest BCUT2D eigenvalue weighted by Crippen LogP contribution is 2.65. The minimum atomic E-state index is -0.364. The molecule has 2 aromatic rings. The molecule has 0 N–H and O–H groups in total. The molecular formula is C27H25ClN2O4. The van der Waals surface area contributed by atoms with Crippen LogP contribution in [0.5, 0.6) is 5.75 Å². The molecule has 3 amide bonds. The van der Waals surface area contributed by atoms with E-state index in [1.54, 1.807) is 36.4 Å². The molecule has 2 aromatic carbocycles. The zero-order valence-corrected chi connectivity index (χ0v) is 19.7. The molecule has 6 unspecified atom stereocenters. The van der Waals surface area contributed by atoms with Crippen LogP contribution < -0.4 is 9.64 Å². The number of imide groups is 1. The third-order valence-electron chi connectivity index (χ3n) is 8.09. The number of anilines is 1. The summed E-state index contributed by atoms with van der Waals surface area (Å²) in [4.78, 5) is 43.6. The molecule has 0 spiro atoms. The van der Waals surface area contributed by atoms with Crippen LogP contribution in [0.2, 0.25) is 5.02 Å². The Kier molecular flexibility index (Phi) is 4.85. The summed E-state index contributed by atoms with van der Waals surface area (Å²) in [5.41, 5.74) is 1.74. The number of amides is 3. The van der Waals surface area contributed by atoms with Crippen molar-refractivity contribution in [3.63, 3.8) is 0 Å². The van der Waals surface area contributed by atoms with Gasteiger partial charge in [-0.05, 0) is 66.8 Å². The van der Waals surface area contributed by atoms with Gasteiger partial charge in [-0.1, -0.05) is 42.0 Å². The summed E-state index contributed by atoms with van der Waals surface area (Å²) < 4.78 is 5.41. The summed E-state index contributed by atoms with van der Waals surface area (Å²) in [6.45, 7) is 1.72. The number of nitrogens with zero attached hydrogens (tertiary/aromatic N) is 2. The van der Waals surface area contributed by atoms with Crippen LogP contribution in [0.25, 0.3) is 0 Å². The van der Waals surface area contributed by atoms with E-state index < -0.39 is 0 Å². The summed E-state index contributed by atoms with van der Waals surface area (Å²) >= 11 is 6.39. The fourth-order valence-electron chi connectivity index (χ4n) is 6.28. The number of rotatable bonds is 5. The van der Waals surface area contributed by atoms with Crippen molar-refractivity contribution in [3.8, 4) is 5.75 Å². The second-order valence-electron chi connectivity index (χ2n) is 9.77. The van der Waals surface area contributed by atoms with Crippen LogP contribution in [0.3, 0.4) is 0 Å². The van der Waals surface area contributed by atoms with Gasteiger partial charge in [0.25, 0.3) is 5.91 Å². The van der Waals surface area contributed by atoms with Gasteiger partial charge in [0.2, 0.25) is 11.8 Å². The minimum absolute atomic E-state index is 0.133. The molecule has 0 aromatic heterocycles. The van der Waals surface area contributed by atoms with Crippen LogP contribution in [0.15, 0.2) is 54.6 Å². The van der Waals surface area contributed by atoms with Crippen LogP contribution in [0.1, 0.15) is 22.3 Å². The Balaban J connectivity index is 1.37. The number of hydrogen-bond donors (Lipinski definition) is 0. The molecule has 3 fully saturated rings. The number of ether oxygens (including phenoxy) is 1. The largest absolute Gasteiger partial charge is 0.496 e. The molecular weight excluding hydrogens is 452 g/mol. The van der Waals surface area contributed by atoms with Gasteiger partial charge in [0.05, 0.1) is 24.5 Å². The van der Waals surface area contributed by atoms with Gasteiger partial charge in [-0.25, -0.2) is 0 Å². The van der Waals surface area contributed by atoms with Crippen molar-refractivity contribution in [2.45, 2.75) is 13.3 Å². The lowest BCUT2D eigenvalue weighted by Gasteiger charge is -2.37. The quantitative estimate of drug-likeness (QED) is 0.476. The number of para-hydroxylation sites is 1. The van der Waals surface area contributed by atoms with Gasteiger partial charge >= 0.3 is 0 Å². The number of benzene rings is 2. The molecule has 0 radical (unpaired) electrons. The number of allylic oxidation sites excluding steroid dienone is 2. The Hall–Kier alpha value is -3.12. The third-order valence-corrected chi connectivity index (χ3v) is 8.49. The molecule has 7 rings (SSSR count). The van der Waals surface area contributed by atoms with E-state index in [2.05, 4.69) is 12.2 Å². The second kappa shape index (κ2) is 7.70. The molecule has 7 heteroatoms. The number of likely N-dealkylation sites (tertiary alicyclic amines) is 1. The molecule has 34 heavy (non-hydrogen) atoms. The normalized spacial score (nSPS) is 30.3. The second-order valence-corrected chi connectivity index (χ2v) is 10.2. The number of carbonyl (C=O) groups is 3. The first kappa shape index (κ1) is 21.4. The van der Waals surface area contributed by atoms with Crippen molar-refractivity contribution >= 4 is 35.0 Å². The van der Waals surface area contributed by atoms with Crippen LogP contribution in [0, 0.1) is 42.4 Å². The first-order valence-corrected chi connectivity index (χ1v) is 12.0. The summed E-state index contributed by atoms with van der Waals surface area (Å²) in [7, 11) is 1.51. The minimum Gasteiger partial charge on any atom is -0.496 e. The maximum absolute atomic E-state index is 13.8. The SMILES string of the molecule is COc1ccccc1C(=O)N(CN1C(=O)C2C3C=CC(C4CC34)C2C1=O)c1ccc(C)c(Cl)c1. The van der Waals surface area contributed by atoms with E-state index in [0.29, 0.717) is 33.9 Å². The standard InChI is InChI=1S/C27H25ClN2O4/c1-14-7-8-15(11-21(14)28)29(25(31)18-5-3-4-6-22(18)34-2)13-30-26(32)23-16-9-10-17(20-12-19(16)20)24(23)27(30)33/h3-11,16-17,19-20,23-24H,12-13H2,1-2H3. The van der Waals surface area contributed by atoms with E-state index in [0.717, 1.165) is 12.0 Å². The summed E-state index contributed by atoms with van der Waals surface area (Å²) in [6, 6.07) is 12.2. The molecule has 1 aliphatic heterocycles. The summed E-state index contributed by atoms with van der Waals surface area (Å²) in [5.74, 6) is 0.411.